The predicted octanol–water partition coefficient (Wildman–Crippen LogP) is 0.844. The summed E-state index contributed by atoms with van der Waals surface area (Å²) in [5.41, 5.74) is 0.654. The van der Waals surface area contributed by atoms with Gasteiger partial charge in [0, 0.05) is 0 Å². The van der Waals surface area contributed by atoms with Gasteiger partial charge in [-0.05, 0) is 19.1 Å². The van der Waals surface area contributed by atoms with Crippen LogP contribution in [0.4, 0.5) is 0 Å². The summed E-state index contributed by atoms with van der Waals surface area (Å²) < 4.78 is 4.53. The van der Waals surface area contributed by atoms with E-state index in [2.05, 4.69) is 4.74 Å². The molecule has 0 unspecified atom stereocenters. The number of amides is 2. The van der Waals surface area contributed by atoms with Gasteiger partial charge in [-0.15, -0.1) is 0 Å². The molecule has 0 bridgehead atoms. The maximum absolute atomic E-state index is 12.0. The lowest BCUT2D eigenvalue weighted by Crippen LogP contribution is -2.43. The van der Waals surface area contributed by atoms with E-state index in [1.165, 1.54) is 14.0 Å². The van der Waals surface area contributed by atoms with Crippen LogP contribution in [0.1, 0.15) is 27.6 Å². The molecule has 0 aromatic heterocycles. The molecule has 0 aliphatic carbocycles. The third-order valence-electron chi connectivity index (χ3n) is 2.76. The fraction of sp³-hybridized carbons (Fsp3) is 0.250. The molecule has 1 heterocycles. The molecule has 0 spiro atoms. The number of carbonyl (C=O) groups excluding carboxylic acids is 3. The standard InChI is InChI=1S/C12H11NO4/c1-7(12(16)17-2)13-10(14)8-5-3-4-6-9(8)11(13)15/h3-7H,1-2H3/t7-/m0/s1. The zero-order valence-electron chi connectivity index (χ0n) is 9.47. The second-order valence-corrected chi connectivity index (χ2v) is 3.73. The Kier molecular flexibility index (Phi) is 2.67. The van der Waals surface area contributed by atoms with Gasteiger partial charge in [0.05, 0.1) is 18.2 Å². The Bertz CT molecular complexity index is 474. The summed E-state index contributed by atoms with van der Waals surface area (Å²) in [4.78, 5) is 36.2. The lowest BCUT2D eigenvalue weighted by atomic mass is 10.1. The van der Waals surface area contributed by atoms with E-state index in [9.17, 15) is 14.4 Å². The second kappa shape index (κ2) is 4.01. The number of benzene rings is 1. The topological polar surface area (TPSA) is 63.7 Å². The van der Waals surface area contributed by atoms with Crippen molar-refractivity contribution < 1.29 is 19.1 Å². The van der Waals surface area contributed by atoms with E-state index in [-0.39, 0.29) is 0 Å². The van der Waals surface area contributed by atoms with Gasteiger partial charge in [0.2, 0.25) is 0 Å². The van der Waals surface area contributed by atoms with Crippen LogP contribution in [-0.2, 0) is 9.53 Å². The van der Waals surface area contributed by atoms with E-state index < -0.39 is 23.8 Å². The fourth-order valence-corrected chi connectivity index (χ4v) is 1.84. The molecule has 2 amide bonds. The molecular formula is C12H11NO4. The molecule has 1 aliphatic rings. The van der Waals surface area contributed by atoms with E-state index in [0.717, 1.165) is 4.90 Å². The molecule has 5 heteroatoms. The van der Waals surface area contributed by atoms with Gasteiger partial charge in [-0.25, -0.2) is 4.79 Å². The summed E-state index contributed by atoms with van der Waals surface area (Å²) in [6.45, 7) is 1.47. The lowest BCUT2D eigenvalue weighted by Gasteiger charge is -2.19. The molecule has 1 aromatic carbocycles. The molecule has 2 rings (SSSR count). The summed E-state index contributed by atoms with van der Waals surface area (Å²) in [6.07, 6.45) is 0. The van der Waals surface area contributed by atoms with Crippen molar-refractivity contribution in [1.82, 2.24) is 4.90 Å². The highest BCUT2D eigenvalue weighted by Crippen LogP contribution is 2.24. The van der Waals surface area contributed by atoms with Crippen LogP contribution in [0.2, 0.25) is 0 Å². The van der Waals surface area contributed by atoms with Crippen LogP contribution in [0.15, 0.2) is 24.3 Å². The average Bonchev–Trinajstić information content (AvgIpc) is 2.61. The van der Waals surface area contributed by atoms with Crippen LogP contribution >= 0.6 is 0 Å². The molecule has 0 N–H and O–H groups in total. The summed E-state index contributed by atoms with van der Waals surface area (Å²) in [5, 5.41) is 0. The van der Waals surface area contributed by atoms with Crippen LogP contribution in [0.3, 0.4) is 0 Å². The van der Waals surface area contributed by atoms with Gasteiger partial charge in [-0.3, -0.25) is 14.5 Å². The highest BCUT2D eigenvalue weighted by molar-refractivity contribution is 6.22. The second-order valence-electron chi connectivity index (χ2n) is 3.73. The Morgan fingerprint density at radius 3 is 2.06 bits per heavy atom. The number of ether oxygens (including phenoxy) is 1. The number of hydrogen-bond acceptors (Lipinski definition) is 4. The minimum Gasteiger partial charge on any atom is -0.467 e. The van der Waals surface area contributed by atoms with Gasteiger partial charge in [0.25, 0.3) is 11.8 Å². The van der Waals surface area contributed by atoms with Crippen molar-refractivity contribution in [1.29, 1.82) is 0 Å². The van der Waals surface area contributed by atoms with Gasteiger partial charge >= 0.3 is 5.97 Å². The number of carbonyl (C=O) groups is 3. The van der Waals surface area contributed by atoms with Crippen LogP contribution in [0.5, 0.6) is 0 Å². The highest BCUT2D eigenvalue weighted by Gasteiger charge is 2.40. The number of methoxy groups -OCH3 is 1. The largest absolute Gasteiger partial charge is 0.467 e. The average molecular weight is 233 g/mol. The van der Waals surface area contributed by atoms with Gasteiger partial charge in [-0.2, -0.15) is 0 Å². The van der Waals surface area contributed by atoms with Gasteiger partial charge in [-0.1, -0.05) is 12.1 Å². The van der Waals surface area contributed by atoms with Crippen LogP contribution in [0, 0.1) is 0 Å². The van der Waals surface area contributed by atoms with Crippen LogP contribution < -0.4 is 0 Å². The van der Waals surface area contributed by atoms with Crippen molar-refractivity contribution in [3.05, 3.63) is 35.4 Å². The molecule has 1 aliphatic heterocycles. The van der Waals surface area contributed by atoms with Crippen molar-refractivity contribution in [3.8, 4) is 0 Å². The molecule has 0 radical (unpaired) electrons. The van der Waals surface area contributed by atoms with Crippen molar-refractivity contribution in [2.75, 3.05) is 7.11 Å². The monoisotopic (exact) mass is 233 g/mol. The first-order valence-corrected chi connectivity index (χ1v) is 5.12. The molecule has 17 heavy (non-hydrogen) atoms. The lowest BCUT2D eigenvalue weighted by molar-refractivity contribution is -0.144. The van der Waals surface area contributed by atoms with Crippen LogP contribution in [0.25, 0.3) is 0 Å². The van der Waals surface area contributed by atoms with Gasteiger partial charge in [0.1, 0.15) is 6.04 Å². The van der Waals surface area contributed by atoms with E-state index >= 15 is 0 Å². The summed E-state index contributed by atoms with van der Waals surface area (Å²) in [7, 11) is 1.22. The van der Waals surface area contributed by atoms with Crippen molar-refractivity contribution in [2.45, 2.75) is 13.0 Å². The first-order valence-electron chi connectivity index (χ1n) is 5.12. The highest BCUT2D eigenvalue weighted by atomic mass is 16.5. The minimum atomic E-state index is -0.910. The maximum atomic E-state index is 12.0. The van der Waals surface area contributed by atoms with E-state index in [4.69, 9.17) is 0 Å². The molecule has 1 aromatic rings. The summed E-state index contributed by atoms with van der Waals surface area (Å²) >= 11 is 0. The van der Waals surface area contributed by atoms with Crippen molar-refractivity contribution >= 4 is 17.8 Å². The predicted molar refractivity (Wildman–Crippen MR) is 58.4 cm³/mol. The third kappa shape index (κ3) is 1.60. The summed E-state index contributed by atoms with van der Waals surface area (Å²) in [5.74, 6) is -1.52. The van der Waals surface area contributed by atoms with Crippen molar-refractivity contribution in [3.63, 3.8) is 0 Å². The van der Waals surface area contributed by atoms with E-state index in [0.29, 0.717) is 11.1 Å². The Balaban J connectivity index is 2.40. The van der Waals surface area contributed by atoms with Gasteiger partial charge < -0.3 is 4.74 Å². The van der Waals surface area contributed by atoms with Crippen LogP contribution in [-0.4, -0.2) is 35.8 Å². The number of esters is 1. The minimum absolute atomic E-state index is 0.327. The SMILES string of the molecule is COC(=O)[C@H](C)N1C(=O)c2ccccc2C1=O. The van der Waals surface area contributed by atoms with E-state index in [1.54, 1.807) is 24.3 Å². The number of rotatable bonds is 2. The Morgan fingerprint density at radius 2 is 1.65 bits per heavy atom. The quantitative estimate of drug-likeness (QED) is 0.561. The number of imide groups is 1. The molecule has 0 saturated heterocycles. The number of fused-ring (bicyclic) bond motifs is 1. The maximum Gasteiger partial charge on any atom is 0.328 e. The molecule has 1 atom stereocenters. The zero-order chi connectivity index (χ0) is 12.6. The smallest absolute Gasteiger partial charge is 0.328 e. The first kappa shape index (κ1) is 11.3. The fourth-order valence-electron chi connectivity index (χ4n) is 1.84. The molecule has 0 fully saturated rings. The van der Waals surface area contributed by atoms with E-state index in [1.807, 2.05) is 0 Å². The normalized spacial score (nSPS) is 15.8. The molecular weight excluding hydrogens is 222 g/mol. The van der Waals surface area contributed by atoms with Crippen molar-refractivity contribution in [2.24, 2.45) is 0 Å². The number of nitrogens with zero attached hydrogens (tertiary/aromatic N) is 1. The molecule has 0 saturated carbocycles. The Morgan fingerprint density at radius 1 is 1.18 bits per heavy atom. The third-order valence-corrected chi connectivity index (χ3v) is 2.76. The summed E-state index contributed by atoms with van der Waals surface area (Å²) in [6, 6.07) is 5.58. The Hall–Kier alpha value is -2.17. The molecule has 88 valence electrons. The van der Waals surface area contributed by atoms with Gasteiger partial charge in [0.15, 0.2) is 0 Å². The number of hydrogen-bond donors (Lipinski definition) is 0. The first-order chi connectivity index (χ1) is 8.07. The molecule has 5 nitrogen and oxygen atoms in total. The Labute approximate surface area is 98.0 Å². The zero-order valence-corrected chi connectivity index (χ0v) is 9.47.